The number of carbonyl (C=O) groups excluding carboxylic acids is 1. The van der Waals surface area contributed by atoms with Crippen LogP contribution >= 0.6 is 0 Å². The maximum Gasteiger partial charge on any atom is 0.220 e. The zero-order chi connectivity index (χ0) is 21.8. The van der Waals surface area contributed by atoms with E-state index in [1.165, 1.54) is 27.8 Å². The number of nitrogens with zero attached hydrogens (tertiary/aromatic N) is 2. The summed E-state index contributed by atoms with van der Waals surface area (Å²) < 4.78 is 2.23. The van der Waals surface area contributed by atoms with Crippen molar-refractivity contribution in [3.8, 4) is 0 Å². The first-order chi connectivity index (χ1) is 15.0. The predicted molar refractivity (Wildman–Crippen MR) is 126 cm³/mol. The summed E-state index contributed by atoms with van der Waals surface area (Å²) >= 11 is 0. The Bertz CT molecular complexity index is 1180. The fourth-order valence-electron chi connectivity index (χ4n) is 4.22. The summed E-state index contributed by atoms with van der Waals surface area (Å²) in [6.45, 7) is 7.63. The number of benzene rings is 3. The maximum atomic E-state index is 12.5. The second-order valence-corrected chi connectivity index (χ2v) is 8.24. The van der Waals surface area contributed by atoms with Crippen molar-refractivity contribution in [2.75, 3.05) is 0 Å². The highest BCUT2D eigenvalue weighted by Crippen LogP contribution is 2.22. The van der Waals surface area contributed by atoms with Crippen LogP contribution < -0.4 is 5.32 Å². The first-order valence-corrected chi connectivity index (χ1v) is 10.8. The molecule has 1 heterocycles. The van der Waals surface area contributed by atoms with Crippen LogP contribution in [-0.2, 0) is 24.3 Å². The minimum absolute atomic E-state index is 0.0464. The molecule has 0 aliphatic rings. The maximum absolute atomic E-state index is 12.5. The lowest BCUT2D eigenvalue weighted by Gasteiger charge is -2.15. The number of carbonyl (C=O) groups is 1. The first-order valence-electron chi connectivity index (χ1n) is 10.8. The second-order valence-electron chi connectivity index (χ2n) is 8.24. The molecule has 4 nitrogen and oxygen atoms in total. The van der Waals surface area contributed by atoms with Crippen LogP contribution in [0.5, 0.6) is 0 Å². The fraction of sp³-hybridized carbons (Fsp3) is 0.259. The summed E-state index contributed by atoms with van der Waals surface area (Å²) in [7, 11) is 0. The van der Waals surface area contributed by atoms with Gasteiger partial charge in [0.25, 0.3) is 0 Å². The topological polar surface area (TPSA) is 46.9 Å². The summed E-state index contributed by atoms with van der Waals surface area (Å²) in [5.74, 6) is 0.929. The van der Waals surface area contributed by atoms with Gasteiger partial charge in [-0.2, -0.15) is 0 Å². The minimum atomic E-state index is 0.0464. The van der Waals surface area contributed by atoms with Gasteiger partial charge in [0, 0.05) is 13.0 Å². The van der Waals surface area contributed by atoms with Crippen molar-refractivity contribution in [1.82, 2.24) is 14.9 Å². The van der Waals surface area contributed by atoms with E-state index in [1.54, 1.807) is 0 Å². The Morgan fingerprint density at radius 3 is 2.35 bits per heavy atom. The Kier molecular flexibility index (Phi) is 6.17. The molecule has 4 aromatic rings. The lowest BCUT2D eigenvalue weighted by molar-refractivity contribution is -0.121. The summed E-state index contributed by atoms with van der Waals surface area (Å²) in [5, 5.41) is 3.07. The number of rotatable bonds is 7. The molecule has 158 valence electrons. The summed E-state index contributed by atoms with van der Waals surface area (Å²) in [6, 6.07) is 22.7. The van der Waals surface area contributed by atoms with Crippen molar-refractivity contribution in [3.63, 3.8) is 0 Å². The molecule has 0 fully saturated rings. The van der Waals surface area contributed by atoms with E-state index in [0.717, 1.165) is 29.8 Å². The zero-order valence-corrected chi connectivity index (χ0v) is 18.5. The van der Waals surface area contributed by atoms with Crippen molar-refractivity contribution in [2.45, 2.75) is 46.7 Å². The number of aromatic nitrogens is 2. The highest BCUT2D eigenvalue weighted by molar-refractivity contribution is 5.77. The number of nitrogens with one attached hydrogen (secondary N) is 1. The second kappa shape index (κ2) is 9.17. The molecule has 31 heavy (non-hydrogen) atoms. The fourth-order valence-corrected chi connectivity index (χ4v) is 4.22. The lowest BCUT2D eigenvalue weighted by Crippen LogP contribution is -2.25. The lowest BCUT2D eigenvalue weighted by atomic mass is 9.99. The number of amides is 1. The van der Waals surface area contributed by atoms with Gasteiger partial charge < -0.3 is 9.88 Å². The first kappa shape index (κ1) is 20.9. The van der Waals surface area contributed by atoms with E-state index in [2.05, 4.69) is 61.0 Å². The third-order valence-corrected chi connectivity index (χ3v) is 5.82. The molecule has 0 unspecified atom stereocenters. The molecule has 0 bridgehead atoms. The van der Waals surface area contributed by atoms with Crippen LogP contribution in [0.3, 0.4) is 0 Å². The number of hydrogen-bond donors (Lipinski definition) is 1. The Morgan fingerprint density at radius 1 is 0.935 bits per heavy atom. The van der Waals surface area contributed by atoms with Gasteiger partial charge in [0.2, 0.25) is 5.91 Å². The average Bonchev–Trinajstić information content (AvgIpc) is 3.11. The van der Waals surface area contributed by atoms with Crippen LogP contribution in [0.15, 0.2) is 66.7 Å². The molecule has 0 radical (unpaired) electrons. The van der Waals surface area contributed by atoms with Crippen molar-refractivity contribution in [1.29, 1.82) is 0 Å². The summed E-state index contributed by atoms with van der Waals surface area (Å²) in [6.07, 6.45) is 1.21. The van der Waals surface area contributed by atoms with E-state index in [0.29, 0.717) is 13.0 Å². The van der Waals surface area contributed by atoms with E-state index in [1.807, 2.05) is 36.4 Å². The molecule has 1 N–H and O–H groups in total. The van der Waals surface area contributed by atoms with Crippen LogP contribution in [-0.4, -0.2) is 15.5 Å². The van der Waals surface area contributed by atoms with E-state index >= 15 is 0 Å². The molecule has 0 saturated heterocycles. The molecule has 0 saturated carbocycles. The molecular formula is C27H29N3O. The van der Waals surface area contributed by atoms with E-state index in [9.17, 15) is 4.79 Å². The van der Waals surface area contributed by atoms with E-state index in [4.69, 9.17) is 4.98 Å². The third-order valence-electron chi connectivity index (χ3n) is 5.82. The summed E-state index contributed by atoms with van der Waals surface area (Å²) in [4.78, 5) is 17.3. The highest BCUT2D eigenvalue weighted by atomic mass is 16.1. The van der Waals surface area contributed by atoms with E-state index in [-0.39, 0.29) is 5.91 Å². The Labute approximate surface area is 183 Å². The van der Waals surface area contributed by atoms with Gasteiger partial charge in [-0.05, 0) is 61.6 Å². The molecule has 0 aliphatic heterocycles. The van der Waals surface area contributed by atoms with E-state index < -0.39 is 0 Å². The van der Waals surface area contributed by atoms with Crippen molar-refractivity contribution in [3.05, 3.63) is 100 Å². The SMILES string of the molecule is Cc1cc(C)c(Cn2c(CNC(=O)CCc3ccccc3)nc3ccccc32)c(C)c1. The van der Waals surface area contributed by atoms with Gasteiger partial charge in [0.1, 0.15) is 5.82 Å². The monoisotopic (exact) mass is 411 g/mol. The van der Waals surface area contributed by atoms with Gasteiger partial charge in [-0.1, -0.05) is 60.2 Å². The Morgan fingerprint density at radius 2 is 1.61 bits per heavy atom. The van der Waals surface area contributed by atoms with Crippen LogP contribution in [0.1, 0.15) is 40.1 Å². The zero-order valence-electron chi connectivity index (χ0n) is 18.5. The van der Waals surface area contributed by atoms with Crippen molar-refractivity contribution >= 4 is 16.9 Å². The molecule has 0 atom stereocenters. The molecular weight excluding hydrogens is 382 g/mol. The number of imidazole rings is 1. The number of hydrogen-bond acceptors (Lipinski definition) is 2. The van der Waals surface area contributed by atoms with Crippen LogP contribution in [0.4, 0.5) is 0 Å². The normalized spacial score (nSPS) is 11.1. The molecule has 4 heteroatoms. The van der Waals surface area contributed by atoms with Crippen LogP contribution in [0.25, 0.3) is 11.0 Å². The van der Waals surface area contributed by atoms with Gasteiger partial charge >= 0.3 is 0 Å². The van der Waals surface area contributed by atoms with Gasteiger partial charge in [-0.25, -0.2) is 4.98 Å². The van der Waals surface area contributed by atoms with Gasteiger partial charge in [-0.3, -0.25) is 4.79 Å². The number of fused-ring (bicyclic) bond motifs is 1. The molecule has 0 aliphatic carbocycles. The third kappa shape index (κ3) is 4.85. The highest BCUT2D eigenvalue weighted by Gasteiger charge is 2.14. The molecule has 3 aromatic carbocycles. The molecule has 0 spiro atoms. The van der Waals surface area contributed by atoms with Crippen molar-refractivity contribution < 1.29 is 4.79 Å². The smallest absolute Gasteiger partial charge is 0.220 e. The predicted octanol–water partition coefficient (Wildman–Crippen LogP) is 5.26. The molecule has 1 aromatic heterocycles. The standard InChI is InChI=1S/C27H29N3O/c1-19-15-20(2)23(21(3)16-19)18-30-25-12-8-7-11-24(25)29-26(30)17-28-27(31)14-13-22-9-5-4-6-10-22/h4-12,15-16H,13-14,17-18H2,1-3H3,(H,28,31). The van der Waals surface area contributed by atoms with Crippen LogP contribution in [0.2, 0.25) is 0 Å². The number of para-hydroxylation sites is 2. The number of aryl methyl sites for hydroxylation is 4. The van der Waals surface area contributed by atoms with Crippen molar-refractivity contribution in [2.24, 2.45) is 0 Å². The largest absolute Gasteiger partial charge is 0.349 e. The van der Waals surface area contributed by atoms with Gasteiger partial charge in [-0.15, -0.1) is 0 Å². The Hall–Kier alpha value is -3.40. The Balaban J connectivity index is 1.53. The van der Waals surface area contributed by atoms with Crippen LogP contribution in [0, 0.1) is 20.8 Å². The average molecular weight is 412 g/mol. The minimum Gasteiger partial charge on any atom is -0.349 e. The van der Waals surface area contributed by atoms with Gasteiger partial charge in [0.05, 0.1) is 17.6 Å². The molecule has 1 amide bonds. The quantitative estimate of drug-likeness (QED) is 0.451. The summed E-state index contributed by atoms with van der Waals surface area (Å²) in [5.41, 5.74) is 8.39. The molecule has 4 rings (SSSR count). The van der Waals surface area contributed by atoms with Gasteiger partial charge in [0.15, 0.2) is 0 Å².